The number of carbonyl (C=O) groups excluding carboxylic acids is 2. The molecule has 2 aromatic carbocycles. The number of amides is 2. The molecular formula is C19H20F2N2O3. The Labute approximate surface area is 150 Å². The third-order valence-corrected chi connectivity index (χ3v) is 3.81. The highest BCUT2D eigenvalue weighted by atomic mass is 19.3. The zero-order chi connectivity index (χ0) is 19.1. The quantitative estimate of drug-likeness (QED) is 0.662. The molecule has 0 bridgehead atoms. The van der Waals surface area contributed by atoms with Crippen LogP contribution in [0, 0.1) is 0 Å². The van der Waals surface area contributed by atoms with Gasteiger partial charge in [0.2, 0.25) is 0 Å². The molecule has 2 rings (SSSR count). The van der Waals surface area contributed by atoms with Crippen molar-refractivity contribution < 1.29 is 23.5 Å². The molecular weight excluding hydrogens is 342 g/mol. The Morgan fingerprint density at radius 3 is 2.38 bits per heavy atom. The summed E-state index contributed by atoms with van der Waals surface area (Å²) in [6.45, 7) is 1.40. The zero-order valence-electron chi connectivity index (χ0n) is 14.2. The van der Waals surface area contributed by atoms with Gasteiger partial charge in [-0.15, -0.1) is 0 Å². The summed E-state index contributed by atoms with van der Waals surface area (Å²) < 4.78 is 25.9. The normalized spacial score (nSPS) is 13.1. The van der Waals surface area contributed by atoms with Crippen molar-refractivity contribution in [2.75, 3.05) is 5.32 Å². The van der Waals surface area contributed by atoms with Crippen LogP contribution in [0.4, 0.5) is 19.3 Å². The highest BCUT2D eigenvalue weighted by molar-refractivity contribution is 5.96. The van der Waals surface area contributed by atoms with Crippen LogP contribution in [0.2, 0.25) is 0 Å². The summed E-state index contributed by atoms with van der Waals surface area (Å²) in [5, 5.41) is 14.6. The van der Waals surface area contributed by atoms with E-state index in [2.05, 4.69) is 10.6 Å². The van der Waals surface area contributed by atoms with Gasteiger partial charge in [0.05, 0.1) is 6.04 Å². The first-order valence-corrected chi connectivity index (χ1v) is 8.05. The van der Waals surface area contributed by atoms with Gasteiger partial charge in [-0.2, -0.15) is 0 Å². The van der Waals surface area contributed by atoms with Crippen molar-refractivity contribution in [3.63, 3.8) is 0 Å². The Balaban J connectivity index is 2.08. The first-order chi connectivity index (χ1) is 12.4. The molecule has 0 spiro atoms. The van der Waals surface area contributed by atoms with Gasteiger partial charge in [0.1, 0.15) is 6.10 Å². The second kappa shape index (κ2) is 9.05. The number of alkyl halides is 2. The minimum absolute atomic E-state index is 0.0489. The maximum atomic E-state index is 12.9. The maximum absolute atomic E-state index is 12.9. The lowest BCUT2D eigenvalue weighted by Gasteiger charge is -2.24. The number of urea groups is 1. The fraction of sp³-hybridized carbons (Fsp3) is 0.263. The Morgan fingerprint density at radius 2 is 1.77 bits per heavy atom. The lowest BCUT2D eigenvalue weighted by atomic mass is 10.0. The molecule has 0 aromatic heterocycles. The first kappa shape index (κ1) is 19.5. The number of rotatable bonds is 7. The summed E-state index contributed by atoms with van der Waals surface area (Å²) in [6, 6.07) is 13.1. The number of anilines is 1. The summed E-state index contributed by atoms with van der Waals surface area (Å²) in [5.74, 6) is -0.163. The van der Waals surface area contributed by atoms with E-state index in [-0.39, 0.29) is 12.2 Å². The summed E-state index contributed by atoms with van der Waals surface area (Å²) in [4.78, 5) is 23.5. The van der Waals surface area contributed by atoms with Crippen molar-refractivity contribution in [2.24, 2.45) is 0 Å². The highest BCUT2D eigenvalue weighted by Gasteiger charge is 2.29. The highest BCUT2D eigenvalue weighted by Crippen LogP contribution is 2.14. The average molecular weight is 362 g/mol. The van der Waals surface area contributed by atoms with E-state index in [4.69, 9.17) is 0 Å². The van der Waals surface area contributed by atoms with Gasteiger partial charge in [-0.1, -0.05) is 42.5 Å². The average Bonchev–Trinajstić information content (AvgIpc) is 2.61. The van der Waals surface area contributed by atoms with Gasteiger partial charge in [-0.05, 0) is 31.0 Å². The van der Waals surface area contributed by atoms with Gasteiger partial charge in [0.15, 0.2) is 5.78 Å². The zero-order valence-corrected chi connectivity index (χ0v) is 14.2. The predicted octanol–water partition coefficient (Wildman–Crippen LogP) is 3.25. The molecule has 26 heavy (non-hydrogen) atoms. The number of halogens is 2. The number of hydrogen-bond acceptors (Lipinski definition) is 3. The van der Waals surface area contributed by atoms with Crippen LogP contribution in [0.25, 0.3) is 0 Å². The largest absolute Gasteiger partial charge is 0.385 e. The Hall–Kier alpha value is -2.80. The van der Waals surface area contributed by atoms with Crippen LogP contribution in [0.3, 0.4) is 0 Å². The third kappa shape index (κ3) is 5.63. The van der Waals surface area contributed by atoms with Gasteiger partial charge in [0.25, 0.3) is 6.43 Å². The number of benzene rings is 2. The standard InChI is InChI=1S/C19H20F2N2O3/c1-12(24)14-8-5-9-15(11-14)22-19(26)23-16(17(25)18(20)21)10-13-6-3-2-4-7-13/h2-9,11,16-18,25H,10H2,1H3,(H2,22,23,26)/t16-,17-/m0/s1. The second-order valence-corrected chi connectivity index (χ2v) is 5.86. The lowest BCUT2D eigenvalue weighted by Crippen LogP contribution is -2.49. The number of aliphatic hydroxyl groups excluding tert-OH is 1. The topological polar surface area (TPSA) is 78.4 Å². The monoisotopic (exact) mass is 362 g/mol. The van der Waals surface area contributed by atoms with Crippen LogP contribution >= 0.6 is 0 Å². The van der Waals surface area contributed by atoms with Gasteiger partial charge in [0, 0.05) is 11.3 Å². The van der Waals surface area contributed by atoms with E-state index in [1.54, 1.807) is 48.5 Å². The van der Waals surface area contributed by atoms with E-state index in [1.165, 1.54) is 13.0 Å². The van der Waals surface area contributed by atoms with Crippen molar-refractivity contribution in [3.8, 4) is 0 Å². The van der Waals surface area contributed by atoms with E-state index < -0.39 is 24.6 Å². The number of Topliss-reactive ketones (excluding diaryl/α,β-unsaturated/α-hetero) is 1. The molecule has 0 saturated heterocycles. The van der Waals surface area contributed by atoms with Crippen molar-refractivity contribution in [1.82, 2.24) is 5.32 Å². The fourth-order valence-electron chi connectivity index (χ4n) is 2.45. The van der Waals surface area contributed by atoms with Crippen LogP contribution < -0.4 is 10.6 Å². The van der Waals surface area contributed by atoms with E-state index in [0.29, 0.717) is 16.8 Å². The molecule has 3 N–H and O–H groups in total. The summed E-state index contributed by atoms with van der Waals surface area (Å²) in [5.41, 5.74) is 1.47. The summed E-state index contributed by atoms with van der Waals surface area (Å²) >= 11 is 0. The van der Waals surface area contributed by atoms with E-state index in [9.17, 15) is 23.5 Å². The molecule has 5 nitrogen and oxygen atoms in total. The minimum Gasteiger partial charge on any atom is -0.385 e. The Kier molecular flexibility index (Phi) is 6.80. The third-order valence-electron chi connectivity index (χ3n) is 3.81. The number of aliphatic hydroxyl groups is 1. The molecule has 138 valence electrons. The van der Waals surface area contributed by atoms with Crippen molar-refractivity contribution in [1.29, 1.82) is 0 Å². The van der Waals surface area contributed by atoms with Crippen molar-refractivity contribution in [2.45, 2.75) is 31.9 Å². The van der Waals surface area contributed by atoms with Gasteiger partial charge >= 0.3 is 6.03 Å². The van der Waals surface area contributed by atoms with Crippen LogP contribution in [-0.4, -0.2) is 35.5 Å². The number of ketones is 1. The molecule has 0 aliphatic rings. The van der Waals surface area contributed by atoms with Gasteiger partial charge in [-0.3, -0.25) is 4.79 Å². The Morgan fingerprint density at radius 1 is 1.08 bits per heavy atom. The van der Waals surface area contributed by atoms with Crippen molar-refractivity contribution >= 4 is 17.5 Å². The number of hydrogen-bond donors (Lipinski definition) is 3. The SMILES string of the molecule is CC(=O)c1cccc(NC(=O)N[C@@H](Cc2ccccc2)[C@H](O)C(F)F)c1. The fourth-order valence-corrected chi connectivity index (χ4v) is 2.45. The van der Waals surface area contributed by atoms with Gasteiger partial charge in [-0.25, -0.2) is 13.6 Å². The smallest absolute Gasteiger partial charge is 0.319 e. The number of nitrogens with one attached hydrogen (secondary N) is 2. The van der Waals surface area contributed by atoms with Crippen LogP contribution in [0.15, 0.2) is 54.6 Å². The molecule has 0 heterocycles. The van der Waals surface area contributed by atoms with Crippen LogP contribution in [-0.2, 0) is 6.42 Å². The molecule has 0 saturated carbocycles. The first-order valence-electron chi connectivity index (χ1n) is 8.05. The lowest BCUT2D eigenvalue weighted by molar-refractivity contribution is -0.0232. The summed E-state index contributed by atoms with van der Waals surface area (Å²) in [7, 11) is 0. The van der Waals surface area contributed by atoms with Crippen LogP contribution in [0.1, 0.15) is 22.8 Å². The molecule has 2 amide bonds. The second-order valence-electron chi connectivity index (χ2n) is 5.86. The molecule has 0 fully saturated rings. The molecule has 0 unspecified atom stereocenters. The van der Waals surface area contributed by atoms with E-state index >= 15 is 0 Å². The summed E-state index contributed by atoms with van der Waals surface area (Å²) in [6.07, 6.45) is -4.96. The van der Waals surface area contributed by atoms with Crippen molar-refractivity contribution in [3.05, 3.63) is 65.7 Å². The maximum Gasteiger partial charge on any atom is 0.319 e. The molecule has 0 aliphatic heterocycles. The molecule has 7 heteroatoms. The molecule has 0 radical (unpaired) electrons. The molecule has 0 aliphatic carbocycles. The van der Waals surface area contributed by atoms with Gasteiger partial charge < -0.3 is 15.7 Å². The Bertz CT molecular complexity index is 753. The minimum atomic E-state index is -3.00. The number of carbonyl (C=O) groups is 2. The van der Waals surface area contributed by atoms with E-state index in [1.807, 2.05) is 0 Å². The molecule has 2 atom stereocenters. The predicted molar refractivity (Wildman–Crippen MR) is 94.5 cm³/mol. The molecule has 2 aromatic rings. The van der Waals surface area contributed by atoms with E-state index in [0.717, 1.165) is 0 Å². The van der Waals surface area contributed by atoms with Crippen LogP contribution in [0.5, 0.6) is 0 Å².